The summed E-state index contributed by atoms with van der Waals surface area (Å²) in [6, 6.07) is 3.05. The van der Waals surface area contributed by atoms with Crippen LogP contribution in [0.5, 0.6) is 0 Å². The summed E-state index contributed by atoms with van der Waals surface area (Å²) in [7, 11) is 1.52. The molecule has 2 rings (SSSR count). The number of nitrogens with two attached hydrogens (primary N) is 1. The number of aryl methyl sites for hydroxylation is 1. The Morgan fingerprint density at radius 1 is 1.22 bits per heavy atom. The number of rotatable bonds is 1. The first-order chi connectivity index (χ1) is 8.32. The molecule has 2 aromatic rings. The van der Waals surface area contributed by atoms with E-state index in [-0.39, 0.29) is 16.9 Å². The monoisotopic (exact) mass is 259 g/mol. The average molecular weight is 259 g/mol. The predicted molar refractivity (Wildman–Crippen MR) is 58.0 cm³/mol. The molecular formula is C11H9F4N3. The number of anilines is 1. The molecule has 7 heteroatoms. The Balaban J connectivity index is 2.64. The van der Waals surface area contributed by atoms with Crippen molar-refractivity contribution in [2.24, 2.45) is 7.05 Å². The number of benzene rings is 1. The molecule has 0 fully saturated rings. The van der Waals surface area contributed by atoms with Crippen molar-refractivity contribution in [3.05, 3.63) is 35.8 Å². The van der Waals surface area contributed by atoms with Crippen molar-refractivity contribution in [2.75, 3.05) is 5.73 Å². The molecule has 0 aliphatic heterocycles. The summed E-state index contributed by atoms with van der Waals surface area (Å²) in [6.45, 7) is 0. The quantitative estimate of drug-likeness (QED) is 0.800. The topological polar surface area (TPSA) is 43.8 Å². The predicted octanol–water partition coefficient (Wildman–Crippen LogP) is 2.83. The molecule has 0 saturated heterocycles. The van der Waals surface area contributed by atoms with Crippen LogP contribution in [0.1, 0.15) is 5.56 Å². The minimum absolute atomic E-state index is 0.105. The molecule has 0 radical (unpaired) electrons. The molecule has 0 aliphatic rings. The van der Waals surface area contributed by atoms with Crippen LogP contribution in [0.25, 0.3) is 11.1 Å². The van der Waals surface area contributed by atoms with Crippen molar-refractivity contribution in [1.29, 1.82) is 0 Å². The van der Waals surface area contributed by atoms with E-state index < -0.39 is 17.6 Å². The molecule has 0 aliphatic carbocycles. The van der Waals surface area contributed by atoms with Gasteiger partial charge in [0.1, 0.15) is 11.6 Å². The number of hydrogen-bond acceptors (Lipinski definition) is 2. The van der Waals surface area contributed by atoms with Gasteiger partial charge in [-0.05, 0) is 6.07 Å². The van der Waals surface area contributed by atoms with E-state index >= 15 is 0 Å². The number of nitrogens with zero attached hydrogens (tertiary/aromatic N) is 2. The average Bonchev–Trinajstić information content (AvgIpc) is 2.59. The summed E-state index contributed by atoms with van der Waals surface area (Å²) < 4.78 is 52.8. The highest BCUT2D eigenvalue weighted by molar-refractivity contribution is 5.74. The Kier molecular flexibility index (Phi) is 2.76. The lowest BCUT2D eigenvalue weighted by Gasteiger charge is -2.10. The first-order valence-electron chi connectivity index (χ1n) is 4.96. The van der Waals surface area contributed by atoms with Gasteiger partial charge in [-0.1, -0.05) is 12.1 Å². The third-order valence-electron chi connectivity index (χ3n) is 2.58. The highest BCUT2D eigenvalue weighted by Gasteiger charge is 2.35. The van der Waals surface area contributed by atoms with Gasteiger partial charge in [0.05, 0.1) is 11.8 Å². The first kappa shape index (κ1) is 12.4. The zero-order valence-corrected chi connectivity index (χ0v) is 9.29. The van der Waals surface area contributed by atoms with Crippen LogP contribution in [0, 0.1) is 5.82 Å². The summed E-state index contributed by atoms with van der Waals surface area (Å²) in [5, 5.41) is 3.77. The Labute approximate surface area is 99.8 Å². The smallest absolute Gasteiger partial charge is 0.383 e. The van der Waals surface area contributed by atoms with Crippen LogP contribution in [0.15, 0.2) is 24.4 Å². The lowest BCUT2D eigenvalue weighted by atomic mass is 10.0. The Morgan fingerprint density at radius 3 is 2.39 bits per heavy atom. The van der Waals surface area contributed by atoms with Crippen molar-refractivity contribution in [3.8, 4) is 11.1 Å². The highest BCUT2D eigenvalue weighted by atomic mass is 19.4. The molecule has 0 spiro atoms. The van der Waals surface area contributed by atoms with Gasteiger partial charge in [0, 0.05) is 18.2 Å². The second-order valence-electron chi connectivity index (χ2n) is 3.73. The van der Waals surface area contributed by atoms with Gasteiger partial charge in [-0.3, -0.25) is 4.68 Å². The minimum atomic E-state index is -4.74. The van der Waals surface area contributed by atoms with Crippen molar-refractivity contribution in [1.82, 2.24) is 9.78 Å². The number of alkyl halides is 3. The maximum atomic E-state index is 13.8. The van der Waals surface area contributed by atoms with Crippen molar-refractivity contribution < 1.29 is 17.6 Å². The summed E-state index contributed by atoms with van der Waals surface area (Å²) in [5.41, 5.74) is 4.23. The third-order valence-corrected chi connectivity index (χ3v) is 2.58. The van der Waals surface area contributed by atoms with E-state index in [2.05, 4.69) is 5.10 Å². The largest absolute Gasteiger partial charge is 0.419 e. The Bertz CT molecular complexity index is 586. The van der Waals surface area contributed by atoms with E-state index in [9.17, 15) is 17.6 Å². The van der Waals surface area contributed by atoms with E-state index in [1.165, 1.54) is 24.0 Å². The van der Waals surface area contributed by atoms with E-state index in [0.717, 1.165) is 6.07 Å². The first-order valence-corrected chi connectivity index (χ1v) is 4.96. The van der Waals surface area contributed by atoms with Gasteiger partial charge in [-0.2, -0.15) is 18.3 Å². The fourth-order valence-electron chi connectivity index (χ4n) is 1.61. The van der Waals surface area contributed by atoms with Crippen LogP contribution in [0.4, 0.5) is 23.4 Å². The molecule has 0 unspecified atom stereocenters. The van der Waals surface area contributed by atoms with Crippen LogP contribution in [0.3, 0.4) is 0 Å². The summed E-state index contributed by atoms with van der Waals surface area (Å²) in [5.74, 6) is -1.24. The van der Waals surface area contributed by atoms with E-state index in [1.807, 2.05) is 0 Å². The molecular weight excluding hydrogens is 250 g/mol. The minimum Gasteiger partial charge on any atom is -0.383 e. The third kappa shape index (κ3) is 1.92. The van der Waals surface area contributed by atoms with Gasteiger partial charge in [-0.15, -0.1) is 0 Å². The normalized spacial score (nSPS) is 11.8. The maximum absolute atomic E-state index is 13.8. The van der Waals surface area contributed by atoms with Crippen LogP contribution in [-0.4, -0.2) is 9.78 Å². The molecule has 0 amide bonds. The van der Waals surface area contributed by atoms with E-state index in [4.69, 9.17) is 5.73 Å². The molecule has 1 aromatic carbocycles. The van der Waals surface area contributed by atoms with E-state index in [0.29, 0.717) is 6.07 Å². The molecule has 1 aromatic heterocycles. The molecule has 1 heterocycles. The van der Waals surface area contributed by atoms with Crippen LogP contribution >= 0.6 is 0 Å². The van der Waals surface area contributed by atoms with Crippen LogP contribution in [0.2, 0.25) is 0 Å². The highest BCUT2D eigenvalue weighted by Crippen LogP contribution is 2.36. The zero-order chi connectivity index (χ0) is 13.5. The molecule has 3 nitrogen and oxygen atoms in total. The summed E-state index contributed by atoms with van der Waals surface area (Å²) >= 11 is 0. The SMILES string of the molecule is Cn1ncc(-c2cccc(C(F)(F)F)c2F)c1N. The van der Waals surface area contributed by atoms with Crippen molar-refractivity contribution in [3.63, 3.8) is 0 Å². The zero-order valence-electron chi connectivity index (χ0n) is 9.29. The standard InChI is InChI=1S/C11H9F4N3/c1-18-10(16)7(5-17-18)6-3-2-4-8(9(6)12)11(13,14)15/h2-5H,16H2,1H3. The fourth-order valence-corrected chi connectivity index (χ4v) is 1.61. The molecule has 0 saturated carbocycles. The molecule has 96 valence electrons. The van der Waals surface area contributed by atoms with Crippen LogP contribution in [-0.2, 0) is 13.2 Å². The van der Waals surface area contributed by atoms with Gasteiger partial charge in [-0.25, -0.2) is 4.39 Å². The van der Waals surface area contributed by atoms with Crippen molar-refractivity contribution >= 4 is 5.82 Å². The molecule has 18 heavy (non-hydrogen) atoms. The van der Waals surface area contributed by atoms with E-state index in [1.54, 1.807) is 0 Å². The van der Waals surface area contributed by atoms with Gasteiger partial charge in [0.15, 0.2) is 0 Å². The molecule has 0 bridgehead atoms. The summed E-state index contributed by atoms with van der Waals surface area (Å²) in [4.78, 5) is 0. The number of hydrogen-bond donors (Lipinski definition) is 1. The summed E-state index contributed by atoms with van der Waals surface area (Å²) in [6.07, 6.45) is -3.51. The van der Waals surface area contributed by atoms with Crippen LogP contribution < -0.4 is 5.73 Å². The second kappa shape index (κ2) is 4.01. The lowest BCUT2D eigenvalue weighted by molar-refractivity contribution is -0.139. The Morgan fingerprint density at radius 2 is 1.89 bits per heavy atom. The van der Waals surface area contributed by atoms with Crippen molar-refractivity contribution in [2.45, 2.75) is 6.18 Å². The van der Waals surface area contributed by atoms with Gasteiger partial charge < -0.3 is 5.73 Å². The van der Waals surface area contributed by atoms with Gasteiger partial charge in [0.25, 0.3) is 0 Å². The molecule has 2 N–H and O–H groups in total. The lowest BCUT2D eigenvalue weighted by Crippen LogP contribution is -2.09. The fraction of sp³-hybridized carbons (Fsp3) is 0.182. The maximum Gasteiger partial charge on any atom is 0.419 e. The Hall–Kier alpha value is -2.05. The number of aromatic nitrogens is 2. The van der Waals surface area contributed by atoms with Gasteiger partial charge >= 0.3 is 6.18 Å². The molecule has 0 atom stereocenters. The number of nitrogen functional groups attached to an aromatic ring is 1. The number of halogens is 4. The van der Waals surface area contributed by atoms with Gasteiger partial charge in [0.2, 0.25) is 0 Å². The second-order valence-corrected chi connectivity index (χ2v) is 3.73.